The second kappa shape index (κ2) is 5.80. The van der Waals surface area contributed by atoms with Gasteiger partial charge in [0.25, 0.3) is 0 Å². The van der Waals surface area contributed by atoms with Gasteiger partial charge in [0.1, 0.15) is 0 Å². The quantitative estimate of drug-likeness (QED) is 0.852. The SMILES string of the molecule is CC(C)Cc1cc(C(=O)O)cc(CC(C)C)n1. The molecule has 0 radical (unpaired) electrons. The Hall–Kier alpha value is -1.38. The first-order chi connectivity index (χ1) is 7.88. The molecular weight excluding hydrogens is 214 g/mol. The van der Waals surface area contributed by atoms with Crippen molar-refractivity contribution in [2.75, 3.05) is 0 Å². The van der Waals surface area contributed by atoms with Crippen molar-refractivity contribution in [1.29, 1.82) is 0 Å². The summed E-state index contributed by atoms with van der Waals surface area (Å²) in [6, 6.07) is 3.37. The van der Waals surface area contributed by atoms with Gasteiger partial charge in [0.05, 0.1) is 5.56 Å². The van der Waals surface area contributed by atoms with Crippen LogP contribution in [0.1, 0.15) is 49.4 Å². The number of carboxylic acid groups (broad SMARTS) is 1. The molecule has 3 heteroatoms. The molecule has 0 saturated heterocycles. The van der Waals surface area contributed by atoms with Gasteiger partial charge < -0.3 is 5.11 Å². The minimum Gasteiger partial charge on any atom is -0.478 e. The zero-order valence-electron chi connectivity index (χ0n) is 11.0. The van der Waals surface area contributed by atoms with Crippen molar-refractivity contribution >= 4 is 5.97 Å². The molecule has 1 heterocycles. The summed E-state index contributed by atoms with van der Waals surface area (Å²) < 4.78 is 0. The first-order valence-electron chi connectivity index (χ1n) is 6.11. The third kappa shape index (κ3) is 4.55. The van der Waals surface area contributed by atoms with Gasteiger partial charge >= 0.3 is 5.97 Å². The van der Waals surface area contributed by atoms with Crippen LogP contribution in [0, 0.1) is 11.8 Å². The van der Waals surface area contributed by atoms with E-state index >= 15 is 0 Å². The number of aromatic nitrogens is 1. The van der Waals surface area contributed by atoms with E-state index < -0.39 is 5.97 Å². The van der Waals surface area contributed by atoms with Crippen molar-refractivity contribution in [1.82, 2.24) is 4.98 Å². The van der Waals surface area contributed by atoms with Crippen LogP contribution in [0.25, 0.3) is 0 Å². The predicted molar refractivity (Wildman–Crippen MR) is 68.3 cm³/mol. The Labute approximate surface area is 103 Å². The van der Waals surface area contributed by atoms with Crippen molar-refractivity contribution in [3.05, 3.63) is 29.1 Å². The van der Waals surface area contributed by atoms with Gasteiger partial charge in [0.2, 0.25) is 0 Å². The first-order valence-corrected chi connectivity index (χ1v) is 6.11. The molecular formula is C14H21NO2. The standard InChI is InChI=1S/C14H21NO2/c1-9(2)5-12-7-11(14(16)17)8-13(15-12)6-10(3)4/h7-10H,5-6H2,1-4H3,(H,16,17). The van der Waals surface area contributed by atoms with Crippen LogP contribution in [-0.2, 0) is 12.8 Å². The monoisotopic (exact) mass is 235 g/mol. The molecule has 0 amide bonds. The predicted octanol–water partition coefficient (Wildman–Crippen LogP) is 3.18. The van der Waals surface area contributed by atoms with E-state index in [4.69, 9.17) is 5.11 Å². The Bertz CT molecular complexity index is 369. The summed E-state index contributed by atoms with van der Waals surface area (Å²) >= 11 is 0. The summed E-state index contributed by atoms with van der Waals surface area (Å²) in [5.74, 6) is 0.0966. The molecule has 1 aromatic heterocycles. The Morgan fingerprint density at radius 2 is 1.53 bits per heavy atom. The molecule has 0 aliphatic heterocycles. The largest absolute Gasteiger partial charge is 0.478 e. The third-order valence-electron chi connectivity index (χ3n) is 2.41. The van der Waals surface area contributed by atoms with Crippen LogP contribution in [-0.4, -0.2) is 16.1 Å². The van der Waals surface area contributed by atoms with Crippen molar-refractivity contribution in [3.8, 4) is 0 Å². The van der Waals surface area contributed by atoms with Crippen LogP contribution in [0.15, 0.2) is 12.1 Å². The fraction of sp³-hybridized carbons (Fsp3) is 0.571. The second-order valence-corrected chi connectivity index (χ2v) is 5.34. The summed E-state index contributed by atoms with van der Waals surface area (Å²) in [4.78, 5) is 15.6. The van der Waals surface area contributed by atoms with E-state index in [1.165, 1.54) is 0 Å². The molecule has 0 spiro atoms. The van der Waals surface area contributed by atoms with Crippen LogP contribution in [0.3, 0.4) is 0 Å². The molecule has 0 aliphatic carbocycles. The highest BCUT2D eigenvalue weighted by Gasteiger charge is 2.10. The van der Waals surface area contributed by atoms with E-state index in [-0.39, 0.29) is 0 Å². The summed E-state index contributed by atoms with van der Waals surface area (Å²) in [6.45, 7) is 8.43. The lowest BCUT2D eigenvalue weighted by Gasteiger charge is -2.10. The molecule has 17 heavy (non-hydrogen) atoms. The molecule has 94 valence electrons. The highest BCUT2D eigenvalue weighted by molar-refractivity contribution is 5.87. The smallest absolute Gasteiger partial charge is 0.335 e. The maximum Gasteiger partial charge on any atom is 0.335 e. The van der Waals surface area contributed by atoms with E-state index in [9.17, 15) is 4.79 Å². The summed E-state index contributed by atoms with van der Waals surface area (Å²) in [5, 5.41) is 9.07. The van der Waals surface area contributed by atoms with Crippen LogP contribution in [0.2, 0.25) is 0 Å². The minimum atomic E-state index is -0.873. The molecule has 0 fully saturated rings. The number of hydrogen-bond acceptors (Lipinski definition) is 2. The zero-order chi connectivity index (χ0) is 13.0. The lowest BCUT2D eigenvalue weighted by Crippen LogP contribution is -2.07. The second-order valence-electron chi connectivity index (χ2n) is 5.34. The number of carbonyl (C=O) groups is 1. The van der Waals surface area contributed by atoms with Crippen molar-refractivity contribution in [2.24, 2.45) is 11.8 Å². The van der Waals surface area contributed by atoms with Crippen LogP contribution in [0.4, 0.5) is 0 Å². The van der Waals surface area contributed by atoms with Crippen molar-refractivity contribution < 1.29 is 9.90 Å². The van der Waals surface area contributed by atoms with Gasteiger partial charge in [-0.05, 0) is 36.8 Å². The average Bonchev–Trinajstić information content (AvgIpc) is 2.14. The topological polar surface area (TPSA) is 50.2 Å². The van der Waals surface area contributed by atoms with E-state index in [2.05, 4.69) is 32.7 Å². The minimum absolute atomic E-state index is 0.353. The van der Waals surface area contributed by atoms with Gasteiger partial charge in [-0.15, -0.1) is 0 Å². The number of aromatic carboxylic acids is 1. The zero-order valence-corrected chi connectivity index (χ0v) is 11.0. The number of nitrogens with zero attached hydrogens (tertiary/aromatic N) is 1. The maximum absolute atomic E-state index is 11.0. The van der Waals surface area contributed by atoms with Crippen LogP contribution >= 0.6 is 0 Å². The van der Waals surface area contributed by atoms with Gasteiger partial charge in [0.15, 0.2) is 0 Å². The maximum atomic E-state index is 11.0. The third-order valence-corrected chi connectivity index (χ3v) is 2.41. The fourth-order valence-corrected chi connectivity index (χ4v) is 1.82. The van der Waals surface area contributed by atoms with Gasteiger partial charge in [-0.3, -0.25) is 4.98 Å². The molecule has 0 atom stereocenters. The van der Waals surface area contributed by atoms with E-state index in [0.29, 0.717) is 17.4 Å². The molecule has 1 aromatic rings. The van der Waals surface area contributed by atoms with Crippen molar-refractivity contribution in [3.63, 3.8) is 0 Å². The fourth-order valence-electron chi connectivity index (χ4n) is 1.82. The molecule has 0 aliphatic rings. The van der Waals surface area contributed by atoms with Gasteiger partial charge in [-0.1, -0.05) is 27.7 Å². The highest BCUT2D eigenvalue weighted by Crippen LogP contribution is 2.13. The summed E-state index contributed by atoms with van der Waals surface area (Å²) in [5.41, 5.74) is 2.12. The Morgan fingerprint density at radius 1 is 1.12 bits per heavy atom. The first kappa shape index (κ1) is 13.7. The Morgan fingerprint density at radius 3 is 1.82 bits per heavy atom. The van der Waals surface area contributed by atoms with Gasteiger partial charge in [-0.2, -0.15) is 0 Å². The lowest BCUT2D eigenvalue weighted by molar-refractivity contribution is 0.0696. The molecule has 0 unspecified atom stereocenters. The highest BCUT2D eigenvalue weighted by atomic mass is 16.4. The average molecular weight is 235 g/mol. The van der Waals surface area contributed by atoms with Crippen molar-refractivity contribution in [2.45, 2.75) is 40.5 Å². The normalized spacial score (nSPS) is 11.2. The number of carboxylic acids is 1. The van der Waals surface area contributed by atoms with E-state index in [0.717, 1.165) is 24.2 Å². The van der Waals surface area contributed by atoms with Gasteiger partial charge in [-0.25, -0.2) is 4.79 Å². The molecule has 0 bridgehead atoms. The number of pyridine rings is 1. The van der Waals surface area contributed by atoms with Crippen LogP contribution in [0.5, 0.6) is 0 Å². The lowest BCUT2D eigenvalue weighted by atomic mass is 10.0. The molecule has 3 nitrogen and oxygen atoms in total. The number of rotatable bonds is 5. The summed E-state index contributed by atoms with van der Waals surface area (Å²) in [7, 11) is 0. The molecule has 1 rings (SSSR count). The van der Waals surface area contributed by atoms with Crippen LogP contribution < -0.4 is 0 Å². The Kier molecular flexibility index (Phi) is 4.67. The van der Waals surface area contributed by atoms with E-state index in [1.807, 2.05) is 0 Å². The molecule has 1 N–H and O–H groups in total. The van der Waals surface area contributed by atoms with Gasteiger partial charge in [0, 0.05) is 11.4 Å². The molecule has 0 saturated carbocycles. The molecule has 0 aromatic carbocycles. The summed E-state index contributed by atoms with van der Waals surface area (Å²) in [6.07, 6.45) is 1.65. The van der Waals surface area contributed by atoms with E-state index in [1.54, 1.807) is 12.1 Å². The number of hydrogen-bond donors (Lipinski definition) is 1. The Balaban J connectivity index is 3.04.